The van der Waals surface area contributed by atoms with E-state index in [4.69, 9.17) is 0 Å². The third kappa shape index (κ3) is 5.35. The molecule has 3 nitrogen and oxygen atoms in total. The second-order valence-corrected chi connectivity index (χ2v) is 5.45. The first-order valence-electron chi connectivity index (χ1n) is 6.43. The van der Waals surface area contributed by atoms with Gasteiger partial charge in [0.05, 0.1) is 0 Å². The molecule has 0 radical (unpaired) electrons. The van der Waals surface area contributed by atoms with Gasteiger partial charge in [-0.1, -0.05) is 19.9 Å². The number of hydrogen-bond acceptors (Lipinski definition) is 2. The minimum Gasteiger partial charge on any atom is -0.351 e. The number of nitrogens with zero attached hydrogens (tertiary/aromatic N) is 1. The van der Waals surface area contributed by atoms with E-state index < -0.39 is 0 Å². The maximum absolute atomic E-state index is 11.9. The Hall–Kier alpha value is -0.620. The van der Waals surface area contributed by atoms with Gasteiger partial charge < -0.3 is 10.2 Å². The molecule has 1 N–H and O–H groups in total. The highest BCUT2D eigenvalue weighted by Crippen LogP contribution is 2.07. The van der Waals surface area contributed by atoms with Gasteiger partial charge in [0.2, 0.25) is 0 Å². The molecule has 1 aromatic carbocycles. The van der Waals surface area contributed by atoms with Crippen LogP contribution in [0, 0.1) is 3.57 Å². The largest absolute Gasteiger partial charge is 0.351 e. The second kappa shape index (κ2) is 8.48. The average molecular weight is 360 g/mol. The van der Waals surface area contributed by atoms with Crippen LogP contribution in [-0.4, -0.2) is 37.0 Å². The number of hydrogen-bond donors (Lipinski definition) is 1. The molecule has 18 heavy (non-hydrogen) atoms. The number of rotatable bonds is 7. The molecule has 0 bridgehead atoms. The van der Waals surface area contributed by atoms with Crippen LogP contribution in [0.5, 0.6) is 0 Å². The third-order valence-corrected chi connectivity index (χ3v) is 3.46. The summed E-state index contributed by atoms with van der Waals surface area (Å²) in [4.78, 5) is 14.2. The van der Waals surface area contributed by atoms with E-state index in [1.54, 1.807) is 0 Å². The van der Waals surface area contributed by atoms with Crippen LogP contribution in [0.25, 0.3) is 0 Å². The molecule has 0 heterocycles. The lowest BCUT2D eigenvalue weighted by atomic mass is 10.2. The van der Waals surface area contributed by atoms with Gasteiger partial charge in [-0.3, -0.25) is 4.79 Å². The van der Waals surface area contributed by atoms with E-state index in [2.05, 4.69) is 46.7 Å². The van der Waals surface area contributed by atoms with Crippen molar-refractivity contribution in [1.82, 2.24) is 10.2 Å². The lowest BCUT2D eigenvalue weighted by molar-refractivity contribution is 0.0948. The maximum Gasteiger partial charge on any atom is 0.251 e. The van der Waals surface area contributed by atoms with Crippen LogP contribution in [0.15, 0.2) is 24.3 Å². The number of benzene rings is 1. The average Bonchev–Trinajstić information content (AvgIpc) is 2.37. The predicted octanol–water partition coefficient (Wildman–Crippen LogP) is 2.75. The van der Waals surface area contributed by atoms with Crippen LogP contribution in [-0.2, 0) is 0 Å². The first-order chi connectivity index (χ1) is 8.67. The van der Waals surface area contributed by atoms with Crippen molar-refractivity contribution in [2.45, 2.75) is 20.3 Å². The zero-order chi connectivity index (χ0) is 13.4. The van der Waals surface area contributed by atoms with Crippen LogP contribution in [0.4, 0.5) is 0 Å². The zero-order valence-electron chi connectivity index (χ0n) is 11.1. The summed E-state index contributed by atoms with van der Waals surface area (Å²) >= 11 is 2.22. The lowest BCUT2D eigenvalue weighted by Gasteiger charge is -2.19. The zero-order valence-corrected chi connectivity index (χ0v) is 13.2. The van der Waals surface area contributed by atoms with Gasteiger partial charge in [-0.15, -0.1) is 0 Å². The fourth-order valence-corrected chi connectivity index (χ4v) is 2.35. The van der Waals surface area contributed by atoms with Gasteiger partial charge in [-0.25, -0.2) is 0 Å². The lowest BCUT2D eigenvalue weighted by Crippen LogP contribution is -2.35. The van der Waals surface area contributed by atoms with Crippen molar-refractivity contribution in [1.29, 1.82) is 0 Å². The summed E-state index contributed by atoms with van der Waals surface area (Å²) in [7, 11) is 0. The molecular formula is C14H21IN2O. The molecule has 0 aliphatic carbocycles. The van der Waals surface area contributed by atoms with Gasteiger partial charge in [0, 0.05) is 22.2 Å². The predicted molar refractivity (Wildman–Crippen MR) is 83.9 cm³/mol. The highest BCUT2D eigenvalue weighted by Gasteiger charge is 2.06. The summed E-state index contributed by atoms with van der Waals surface area (Å²) in [6, 6.07) is 7.64. The minimum absolute atomic E-state index is 0.0149. The smallest absolute Gasteiger partial charge is 0.251 e. The van der Waals surface area contributed by atoms with E-state index in [9.17, 15) is 4.79 Å². The molecule has 0 spiro atoms. The van der Waals surface area contributed by atoms with Crippen molar-refractivity contribution in [3.63, 3.8) is 0 Å². The highest BCUT2D eigenvalue weighted by atomic mass is 127. The number of carbonyl (C=O) groups is 1. The molecule has 4 heteroatoms. The van der Waals surface area contributed by atoms with Crippen molar-refractivity contribution in [3.8, 4) is 0 Å². The quantitative estimate of drug-likeness (QED) is 0.759. The molecule has 0 atom stereocenters. The molecule has 0 aromatic heterocycles. The molecule has 1 aromatic rings. The number of nitrogens with one attached hydrogen (secondary N) is 1. The molecule has 0 fully saturated rings. The first kappa shape index (κ1) is 15.4. The summed E-state index contributed by atoms with van der Waals surface area (Å²) < 4.78 is 1.08. The van der Waals surface area contributed by atoms with E-state index in [-0.39, 0.29) is 5.91 Å². The van der Waals surface area contributed by atoms with Crippen molar-refractivity contribution >= 4 is 28.5 Å². The van der Waals surface area contributed by atoms with Crippen molar-refractivity contribution < 1.29 is 4.79 Å². The van der Waals surface area contributed by atoms with Gasteiger partial charge in [0.15, 0.2) is 0 Å². The molecule has 0 aliphatic rings. The summed E-state index contributed by atoms with van der Waals surface area (Å²) in [5, 5.41) is 2.97. The molecule has 0 aliphatic heterocycles. The Labute approximate surface area is 123 Å². The number of amides is 1. The summed E-state index contributed by atoms with van der Waals surface area (Å²) in [5.74, 6) is 0.0149. The van der Waals surface area contributed by atoms with Crippen molar-refractivity contribution in [2.75, 3.05) is 26.2 Å². The molecule has 0 saturated heterocycles. The topological polar surface area (TPSA) is 32.3 Å². The standard InChI is InChI=1S/C14H21IN2O/c1-3-9-17(4-2)10-8-16-14(18)12-6-5-7-13(15)11-12/h5-7,11H,3-4,8-10H2,1-2H3,(H,16,18). The fraction of sp³-hybridized carbons (Fsp3) is 0.500. The van der Waals surface area contributed by atoms with Gasteiger partial charge in [0.1, 0.15) is 0 Å². The van der Waals surface area contributed by atoms with Gasteiger partial charge in [0.25, 0.3) is 5.91 Å². The van der Waals surface area contributed by atoms with Gasteiger partial charge in [-0.05, 0) is 60.3 Å². The Morgan fingerprint density at radius 1 is 1.33 bits per heavy atom. The van der Waals surface area contributed by atoms with Gasteiger partial charge in [-0.2, -0.15) is 0 Å². The minimum atomic E-state index is 0.0149. The van der Waals surface area contributed by atoms with E-state index in [0.29, 0.717) is 6.54 Å². The summed E-state index contributed by atoms with van der Waals surface area (Å²) in [6.07, 6.45) is 1.15. The van der Waals surface area contributed by atoms with Crippen molar-refractivity contribution in [2.24, 2.45) is 0 Å². The molecular weight excluding hydrogens is 339 g/mol. The van der Waals surface area contributed by atoms with E-state index in [1.807, 2.05) is 24.3 Å². The molecule has 100 valence electrons. The number of likely N-dealkylation sites (N-methyl/N-ethyl adjacent to an activating group) is 1. The molecule has 0 saturated carbocycles. The molecule has 1 amide bonds. The van der Waals surface area contributed by atoms with E-state index >= 15 is 0 Å². The first-order valence-corrected chi connectivity index (χ1v) is 7.51. The Morgan fingerprint density at radius 3 is 2.72 bits per heavy atom. The molecule has 1 rings (SSSR count). The monoisotopic (exact) mass is 360 g/mol. The Bertz CT molecular complexity index is 382. The fourth-order valence-electron chi connectivity index (χ4n) is 1.80. The van der Waals surface area contributed by atoms with Crippen LogP contribution in [0.2, 0.25) is 0 Å². The number of carbonyl (C=O) groups excluding carboxylic acids is 1. The third-order valence-electron chi connectivity index (χ3n) is 2.79. The normalized spacial score (nSPS) is 10.7. The van der Waals surface area contributed by atoms with Crippen LogP contribution in [0.3, 0.4) is 0 Å². The summed E-state index contributed by atoms with van der Waals surface area (Å²) in [6.45, 7) is 8.07. The van der Waals surface area contributed by atoms with E-state index in [0.717, 1.165) is 35.2 Å². The SMILES string of the molecule is CCCN(CC)CCNC(=O)c1cccc(I)c1. The molecule has 0 unspecified atom stereocenters. The number of halogens is 1. The Balaban J connectivity index is 2.37. The second-order valence-electron chi connectivity index (χ2n) is 4.20. The highest BCUT2D eigenvalue weighted by molar-refractivity contribution is 14.1. The Kier molecular flexibility index (Phi) is 7.27. The van der Waals surface area contributed by atoms with Gasteiger partial charge >= 0.3 is 0 Å². The summed E-state index contributed by atoms with van der Waals surface area (Å²) in [5.41, 5.74) is 0.737. The maximum atomic E-state index is 11.9. The van der Waals surface area contributed by atoms with Crippen LogP contribution >= 0.6 is 22.6 Å². The van der Waals surface area contributed by atoms with Crippen LogP contribution in [0.1, 0.15) is 30.6 Å². The van der Waals surface area contributed by atoms with Crippen LogP contribution < -0.4 is 5.32 Å². The Morgan fingerprint density at radius 2 is 2.11 bits per heavy atom. The van der Waals surface area contributed by atoms with Crippen molar-refractivity contribution in [3.05, 3.63) is 33.4 Å². The van der Waals surface area contributed by atoms with E-state index in [1.165, 1.54) is 0 Å².